The Morgan fingerprint density at radius 1 is 1.21 bits per heavy atom. The van der Waals surface area contributed by atoms with E-state index in [9.17, 15) is 14.0 Å². The topological polar surface area (TPSA) is 46.6 Å². The lowest BCUT2D eigenvalue weighted by molar-refractivity contribution is -0.128. The number of amides is 2. The van der Waals surface area contributed by atoms with E-state index in [1.807, 2.05) is 24.3 Å². The number of nitrogens with zero attached hydrogens (tertiary/aromatic N) is 1. The second kappa shape index (κ2) is 7.92. The second-order valence-corrected chi connectivity index (χ2v) is 8.40. The summed E-state index contributed by atoms with van der Waals surface area (Å²) in [6.45, 7) is 5.32. The van der Waals surface area contributed by atoms with Crippen LogP contribution in [0.1, 0.15) is 39.2 Å². The van der Waals surface area contributed by atoms with Crippen molar-refractivity contribution in [3.63, 3.8) is 0 Å². The Morgan fingerprint density at radius 3 is 2.54 bits per heavy atom. The summed E-state index contributed by atoms with van der Waals surface area (Å²) in [5.74, 6) is -0.550. The molecule has 28 heavy (non-hydrogen) atoms. The van der Waals surface area contributed by atoms with Crippen molar-refractivity contribution in [2.24, 2.45) is 0 Å². The van der Waals surface area contributed by atoms with Crippen molar-refractivity contribution in [2.75, 3.05) is 0 Å². The molecule has 6 heteroatoms. The number of rotatable bonds is 3. The Morgan fingerprint density at radius 2 is 1.89 bits per heavy atom. The van der Waals surface area contributed by atoms with Crippen LogP contribution in [0.25, 0.3) is 11.1 Å². The lowest BCUT2D eigenvalue weighted by Crippen LogP contribution is -2.43. The van der Waals surface area contributed by atoms with Crippen molar-refractivity contribution in [1.29, 1.82) is 0 Å². The van der Waals surface area contributed by atoms with E-state index in [0.717, 1.165) is 11.1 Å². The molecule has 1 aliphatic rings. The summed E-state index contributed by atoms with van der Waals surface area (Å²) in [6.07, 6.45) is 0.861. The average Bonchev–Trinajstić information content (AvgIpc) is 2.97. The molecular weight excluding hydrogens is 381 g/mol. The molecule has 0 bridgehead atoms. The monoisotopic (exact) mass is 403 g/mol. The van der Waals surface area contributed by atoms with Gasteiger partial charge in [-0.25, -0.2) is 14.1 Å². The summed E-state index contributed by atoms with van der Waals surface area (Å²) in [5, 5.41) is 0.470. The predicted octanol–water partition coefficient (Wildman–Crippen LogP) is 5.61. The molecule has 2 aromatic carbocycles. The fraction of sp³-hybridized carbons (Fsp3) is 0.364. The molecule has 1 heterocycles. The number of hydrogen-bond donors (Lipinski definition) is 0. The van der Waals surface area contributed by atoms with Gasteiger partial charge in [0.25, 0.3) is 0 Å². The number of carbonyl (C=O) groups excluding carboxylic acids is 2. The second-order valence-electron chi connectivity index (χ2n) is 7.96. The average molecular weight is 404 g/mol. The van der Waals surface area contributed by atoms with Gasteiger partial charge < -0.3 is 4.74 Å². The lowest BCUT2D eigenvalue weighted by atomic mass is 9.99. The highest BCUT2D eigenvalue weighted by molar-refractivity contribution is 6.30. The van der Waals surface area contributed by atoms with Gasteiger partial charge in [0.05, 0.1) is 0 Å². The van der Waals surface area contributed by atoms with Crippen molar-refractivity contribution in [3.8, 4) is 11.1 Å². The smallest absolute Gasteiger partial charge is 0.417 e. The zero-order valence-electron chi connectivity index (χ0n) is 16.2. The fourth-order valence-electron chi connectivity index (χ4n) is 3.31. The molecule has 0 aliphatic carbocycles. The summed E-state index contributed by atoms with van der Waals surface area (Å²) in [7, 11) is 0. The summed E-state index contributed by atoms with van der Waals surface area (Å²) in [5.41, 5.74) is 1.45. The van der Waals surface area contributed by atoms with E-state index in [4.69, 9.17) is 16.3 Å². The van der Waals surface area contributed by atoms with Gasteiger partial charge in [0, 0.05) is 23.0 Å². The van der Waals surface area contributed by atoms with Gasteiger partial charge >= 0.3 is 6.09 Å². The number of imide groups is 1. The van der Waals surface area contributed by atoms with Crippen molar-refractivity contribution >= 4 is 23.6 Å². The first-order chi connectivity index (χ1) is 13.1. The lowest BCUT2D eigenvalue weighted by Gasteiger charge is -2.27. The third kappa shape index (κ3) is 4.71. The molecule has 4 nitrogen and oxygen atoms in total. The molecule has 2 amide bonds. The molecule has 1 unspecified atom stereocenters. The molecule has 0 N–H and O–H groups in total. The van der Waals surface area contributed by atoms with E-state index in [0.29, 0.717) is 29.8 Å². The number of carbonyl (C=O) groups is 2. The number of benzene rings is 2. The highest BCUT2D eigenvalue weighted by atomic mass is 35.5. The minimum Gasteiger partial charge on any atom is -0.443 e. The van der Waals surface area contributed by atoms with Crippen molar-refractivity contribution in [3.05, 3.63) is 58.9 Å². The van der Waals surface area contributed by atoms with Crippen LogP contribution >= 0.6 is 11.6 Å². The van der Waals surface area contributed by atoms with Gasteiger partial charge in [0.1, 0.15) is 11.4 Å². The maximum atomic E-state index is 14.0. The van der Waals surface area contributed by atoms with Gasteiger partial charge in [-0.3, -0.25) is 4.79 Å². The largest absolute Gasteiger partial charge is 0.443 e. The highest BCUT2D eigenvalue weighted by Crippen LogP contribution is 2.28. The number of ether oxygens (including phenoxy) is 1. The van der Waals surface area contributed by atoms with Crippen LogP contribution in [0, 0.1) is 5.82 Å². The molecular formula is C22H23ClFNO3. The third-order valence-electron chi connectivity index (χ3n) is 4.58. The van der Waals surface area contributed by atoms with Gasteiger partial charge in [-0.15, -0.1) is 0 Å². The minimum absolute atomic E-state index is 0.211. The Balaban J connectivity index is 1.75. The van der Waals surface area contributed by atoms with Gasteiger partial charge in [0.2, 0.25) is 5.91 Å². The molecule has 1 fully saturated rings. The van der Waals surface area contributed by atoms with Crippen molar-refractivity contribution in [2.45, 2.75) is 51.7 Å². The molecule has 0 radical (unpaired) electrons. The van der Waals surface area contributed by atoms with E-state index < -0.39 is 11.7 Å². The predicted molar refractivity (Wildman–Crippen MR) is 107 cm³/mol. The molecule has 3 rings (SSSR count). The SMILES string of the molecule is CC(C)(C)OC(=O)N1C(=O)CCC1Cc1ccc(-c2cc(Cl)ccc2F)cc1. The maximum Gasteiger partial charge on any atom is 0.417 e. The van der Waals surface area contributed by atoms with E-state index in [2.05, 4.69) is 0 Å². The van der Waals surface area contributed by atoms with Gasteiger partial charge in [0.15, 0.2) is 0 Å². The molecule has 0 spiro atoms. The first-order valence-corrected chi connectivity index (χ1v) is 9.61. The first-order valence-electron chi connectivity index (χ1n) is 9.23. The number of hydrogen-bond acceptors (Lipinski definition) is 3. The highest BCUT2D eigenvalue weighted by Gasteiger charge is 2.38. The Hall–Kier alpha value is -2.40. The van der Waals surface area contributed by atoms with E-state index >= 15 is 0 Å². The molecule has 0 saturated carbocycles. The normalized spacial score (nSPS) is 17.1. The Bertz CT molecular complexity index is 890. The summed E-state index contributed by atoms with van der Waals surface area (Å²) < 4.78 is 19.4. The molecule has 0 aromatic heterocycles. The zero-order valence-corrected chi connectivity index (χ0v) is 16.9. The van der Waals surface area contributed by atoms with E-state index in [1.165, 1.54) is 17.0 Å². The summed E-state index contributed by atoms with van der Waals surface area (Å²) in [6, 6.07) is 11.6. The van der Waals surface area contributed by atoms with Crippen LogP contribution in [0.3, 0.4) is 0 Å². The molecule has 148 valence electrons. The van der Waals surface area contributed by atoms with Gasteiger partial charge in [-0.1, -0.05) is 35.9 Å². The van der Waals surface area contributed by atoms with Crippen LogP contribution in [0.4, 0.5) is 9.18 Å². The zero-order chi connectivity index (χ0) is 20.5. The molecule has 1 atom stereocenters. The standard InChI is InChI=1S/C22H23ClFNO3/c1-22(2,3)28-21(27)25-17(9-11-20(25)26)12-14-4-6-15(7-5-14)18-13-16(23)8-10-19(18)24/h4-8,10,13,17H,9,11-12H2,1-3H3. The summed E-state index contributed by atoms with van der Waals surface area (Å²) >= 11 is 5.97. The van der Waals surface area contributed by atoms with Crippen LogP contribution in [0.15, 0.2) is 42.5 Å². The van der Waals surface area contributed by atoms with Crippen LogP contribution in [-0.2, 0) is 16.0 Å². The van der Waals surface area contributed by atoms with Crippen LogP contribution in [0.5, 0.6) is 0 Å². The molecule has 2 aromatic rings. The van der Waals surface area contributed by atoms with Crippen LogP contribution in [-0.4, -0.2) is 28.5 Å². The number of halogens is 2. The summed E-state index contributed by atoms with van der Waals surface area (Å²) in [4.78, 5) is 25.8. The van der Waals surface area contributed by atoms with E-state index in [-0.39, 0.29) is 17.8 Å². The maximum absolute atomic E-state index is 14.0. The Labute approximate surface area is 169 Å². The first kappa shape index (κ1) is 20.3. The molecule has 1 saturated heterocycles. The minimum atomic E-state index is -0.660. The van der Waals surface area contributed by atoms with Gasteiger partial charge in [-0.05, 0) is 62.9 Å². The molecule has 1 aliphatic heterocycles. The van der Waals surface area contributed by atoms with Crippen molar-refractivity contribution < 1.29 is 18.7 Å². The van der Waals surface area contributed by atoms with Crippen LogP contribution in [0.2, 0.25) is 5.02 Å². The van der Waals surface area contributed by atoms with Crippen molar-refractivity contribution in [1.82, 2.24) is 4.90 Å². The number of likely N-dealkylation sites (tertiary alicyclic amines) is 1. The third-order valence-corrected chi connectivity index (χ3v) is 4.82. The van der Waals surface area contributed by atoms with Crippen LogP contribution < -0.4 is 0 Å². The Kier molecular flexibility index (Phi) is 5.75. The van der Waals surface area contributed by atoms with E-state index in [1.54, 1.807) is 26.8 Å². The quantitative estimate of drug-likeness (QED) is 0.668. The fourth-order valence-corrected chi connectivity index (χ4v) is 3.48. The van der Waals surface area contributed by atoms with Gasteiger partial charge in [-0.2, -0.15) is 0 Å².